The lowest BCUT2D eigenvalue weighted by Crippen LogP contribution is -2.63. The molecule has 1 aromatic rings. The van der Waals surface area contributed by atoms with Crippen molar-refractivity contribution in [3.63, 3.8) is 0 Å². The molecule has 0 radical (unpaired) electrons. The van der Waals surface area contributed by atoms with Crippen LogP contribution in [0.5, 0.6) is 5.75 Å². The van der Waals surface area contributed by atoms with Crippen LogP contribution in [-0.2, 0) is 44.5 Å². The number of halogens is 1. The van der Waals surface area contributed by atoms with Crippen molar-refractivity contribution in [2.75, 3.05) is 39.8 Å². The number of hydrogen-bond acceptors (Lipinski definition) is 11. The molecule has 7 unspecified atom stereocenters. The van der Waals surface area contributed by atoms with E-state index >= 15 is 0 Å². The molecule has 4 aliphatic heterocycles. The van der Waals surface area contributed by atoms with Crippen LogP contribution in [-0.4, -0.2) is 121 Å². The number of likely N-dealkylation sites (N-methyl/N-ethyl adjacent to an activating group) is 1. The molecule has 322 valence electrons. The molecule has 0 aromatic heterocycles. The Morgan fingerprint density at radius 3 is 2.56 bits per heavy atom. The van der Waals surface area contributed by atoms with Gasteiger partial charge >= 0.3 is 12.1 Å². The predicted molar refractivity (Wildman–Crippen MR) is 219 cm³/mol. The van der Waals surface area contributed by atoms with Crippen LogP contribution in [0.25, 0.3) is 0 Å². The van der Waals surface area contributed by atoms with Crippen molar-refractivity contribution >= 4 is 47.1 Å². The lowest BCUT2D eigenvalue weighted by atomic mass is 9.83. The van der Waals surface area contributed by atoms with Gasteiger partial charge in [0.05, 0.1) is 25.3 Å². The number of epoxide rings is 1. The number of rotatable bonds is 11. The minimum atomic E-state index is -1.84. The number of benzene rings is 1. The highest BCUT2D eigenvalue weighted by Gasteiger charge is 2.64. The second-order valence-electron chi connectivity index (χ2n) is 16.0. The summed E-state index contributed by atoms with van der Waals surface area (Å²) < 4.78 is 29.3. The van der Waals surface area contributed by atoms with E-state index in [1.165, 1.54) is 37.1 Å². The fraction of sp³-hybridized carbons (Fsp3) is 0.558. The third-order valence-electron chi connectivity index (χ3n) is 11.8. The molecular weight excluding hydrogens is 784 g/mol. The van der Waals surface area contributed by atoms with Gasteiger partial charge in [-0.15, -0.1) is 0 Å². The number of esters is 1. The molecule has 59 heavy (non-hydrogen) atoms. The maximum Gasteiger partial charge on any atom is 0.409 e. The molecule has 2 N–H and O–H groups in total. The van der Waals surface area contributed by atoms with E-state index in [0.29, 0.717) is 49.4 Å². The summed E-state index contributed by atoms with van der Waals surface area (Å²) >= 11 is 6.78. The average Bonchev–Trinajstić information content (AvgIpc) is 3.79. The summed E-state index contributed by atoms with van der Waals surface area (Å²) in [6.45, 7) is 11.3. The first-order valence-corrected chi connectivity index (χ1v) is 20.2. The largest absolute Gasteiger partial charge is 0.495 e. The van der Waals surface area contributed by atoms with Crippen LogP contribution in [0.3, 0.4) is 0 Å². The van der Waals surface area contributed by atoms with Crippen molar-refractivity contribution in [2.45, 2.75) is 114 Å². The average molecular weight is 841 g/mol. The summed E-state index contributed by atoms with van der Waals surface area (Å²) in [5.74, 6) is -1.76. The summed E-state index contributed by atoms with van der Waals surface area (Å²) in [4.78, 5) is 70.5. The first-order chi connectivity index (χ1) is 27.8. The molecule has 4 bridgehead atoms. The molecule has 4 amide bonds. The summed E-state index contributed by atoms with van der Waals surface area (Å²) in [5, 5.41) is 14.5. The molecule has 0 aliphatic carbocycles. The van der Waals surface area contributed by atoms with E-state index in [-0.39, 0.29) is 36.1 Å². The first-order valence-electron chi connectivity index (χ1n) is 19.9. The fourth-order valence-electron chi connectivity index (χ4n) is 7.86. The number of ether oxygens (including phenoxy) is 5. The zero-order valence-corrected chi connectivity index (χ0v) is 35.9. The SMILES string of the molecule is C=C1C=CC(=O)N1CCCCCC(=O)N(C)[C@@H](C)C(=O)OC1CC(=O)N(C)c2cc(cc(OC)c2Cl)C/C(C)=C/C=C/C(OC)C2(O)CC(OC(=O)N2)C(C)C2OC12C. The van der Waals surface area contributed by atoms with Gasteiger partial charge in [-0.2, -0.15) is 0 Å². The van der Waals surface area contributed by atoms with Gasteiger partial charge in [-0.25, -0.2) is 9.59 Å². The van der Waals surface area contributed by atoms with Gasteiger partial charge in [-0.05, 0) is 63.8 Å². The molecule has 2 saturated heterocycles. The highest BCUT2D eigenvalue weighted by molar-refractivity contribution is 6.35. The number of alkyl carbamates (subject to hydrolysis) is 1. The number of unbranched alkanes of at least 4 members (excludes halogenated alkanes) is 2. The van der Waals surface area contributed by atoms with Gasteiger partial charge < -0.3 is 43.5 Å². The number of nitrogens with zero attached hydrogens (tertiary/aromatic N) is 3. The van der Waals surface area contributed by atoms with Crippen LogP contribution in [0.2, 0.25) is 5.02 Å². The normalized spacial score (nSPS) is 30.4. The second-order valence-corrected chi connectivity index (χ2v) is 16.4. The Kier molecular flexibility index (Phi) is 14.4. The predicted octanol–water partition coefficient (Wildman–Crippen LogP) is 4.99. The number of carbonyl (C=O) groups excluding carboxylic acids is 5. The fourth-order valence-corrected chi connectivity index (χ4v) is 8.17. The van der Waals surface area contributed by atoms with E-state index in [4.69, 9.17) is 35.3 Å². The molecule has 1 aromatic carbocycles. The minimum Gasteiger partial charge on any atom is -0.495 e. The highest BCUT2D eigenvalue weighted by atomic mass is 35.5. The molecule has 16 heteroatoms. The van der Waals surface area contributed by atoms with Crippen molar-refractivity contribution in [3.8, 4) is 5.75 Å². The van der Waals surface area contributed by atoms with Gasteiger partial charge in [-0.1, -0.05) is 55.3 Å². The quantitative estimate of drug-likeness (QED) is 0.175. The molecule has 0 spiro atoms. The van der Waals surface area contributed by atoms with Crippen LogP contribution in [0.4, 0.5) is 10.5 Å². The van der Waals surface area contributed by atoms with Crippen molar-refractivity contribution < 1.29 is 52.8 Å². The van der Waals surface area contributed by atoms with Crippen LogP contribution >= 0.6 is 11.6 Å². The lowest BCUT2D eigenvalue weighted by Gasteiger charge is -2.42. The van der Waals surface area contributed by atoms with Crippen LogP contribution in [0.15, 0.2) is 60.4 Å². The summed E-state index contributed by atoms with van der Waals surface area (Å²) in [6, 6.07) is 2.55. The van der Waals surface area contributed by atoms with Crippen LogP contribution < -0.4 is 15.0 Å². The Balaban J connectivity index is 1.39. The monoisotopic (exact) mass is 840 g/mol. The molecule has 2 fully saturated rings. The van der Waals surface area contributed by atoms with Crippen LogP contribution in [0, 0.1) is 5.92 Å². The molecular formula is C43H57ClN4O11. The Hall–Kier alpha value is -4.70. The van der Waals surface area contributed by atoms with E-state index in [2.05, 4.69) is 11.9 Å². The molecule has 5 rings (SSSR count). The van der Waals surface area contributed by atoms with Gasteiger partial charge in [0.1, 0.15) is 40.7 Å². The number of fused-ring (bicyclic) bond motifs is 5. The van der Waals surface area contributed by atoms with E-state index in [0.717, 1.165) is 11.1 Å². The molecule has 8 atom stereocenters. The molecule has 4 heterocycles. The summed E-state index contributed by atoms with van der Waals surface area (Å²) in [6.07, 6.45) is 6.02. The van der Waals surface area contributed by atoms with E-state index < -0.39 is 65.7 Å². The molecule has 4 aliphatic rings. The first kappa shape index (κ1) is 45.4. The third kappa shape index (κ3) is 10.2. The number of aliphatic hydroxyl groups is 1. The summed E-state index contributed by atoms with van der Waals surface area (Å²) in [7, 11) is 6.00. The van der Waals surface area contributed by atoms with Crippen molar-refractivity contribution in [1.82, 2.24) is 15.1 Å². The van der Waals surface area contributed by atoms with Gasteiger partial charge in [0.15, 0.2) is 5.72 Å². The zero-order valence-electron chi connectivity index (χ0n) is 35.1. The second kappa shape index (κ2) is 18.7. The van der Waals surface area contributed by atoms with E-state index in [9.17, 15) is 29.1 Å². The molecule has 15 nitrogen and oxygen atoms in total. The smallest absolute Gasteiger partial charge is 0.409 e. The maximum atomic E-state index is 14.2. The maximum absolute atomic E-state index is 14.2. The van der Waals surface area contributed by atoms with Gasteiger partial charge in [-0.3, -0.25) is 19.7 Å². The van der Waals surface area contributed by atoms with E-state index in [1.54, 1.807) is 63.1 Å². The standard InChI is InChI=1S/C43H57ClN4O11/c1-25-14-13-15-33(56-9)43(54)24-32(57-41(53)45-43)27(3)39-42(5,59-39)34(23-37(51)47(7)30-21-29(20-25)22-31(55-8)38(30)44)58-40(52)28(4)46(6)35(49)16-11-10-12-19-48-26(2)17-18-36(48)50/h13-15,17-18,21-22,27-28,32-34,39,54H,2,10-12,16,19-20,23-24H2,1,3-9H3,(H,45,53)/b15-13+,25-14+/t27?,28-,32?,33?,34?,39?,42?,43?/m0/s1. The van der Waals surface area contributed by atoms with Crippen LogP contribution in [0.1, 0.15) is 71.8 Å². The van der Waals surface area contributed by atoms with Crippen molar-refractivity contribution in [2.24, 2.45) is 5.92 Å². The topological polar surface area (TPSA) is 177 Å². The zero-order chi connectivity index (χ0) is 43.4. The van der Waals surface area contributed by atoms with Crippen molar-refractivity contribution in [3.05, 3.63) is 70.9 Å². The Labute approximate surface area is 350 Å². The number of nitrogens with one attached hydrogen (secondary N) is 1. The van der Waals surface area contributed by atoms with Gasteiger partial charge in [0, 0.05) is 58.3 Å². The molecule has 0 saturated carbocycles. The van der Waals surface area contributed by atoms with Gasteiger partial charge in [0.2, 0.25) is 11.8 Å². The van der Waals surface area contributed by atoms with Crippen molar-refractivity contribution in [1.29, 1.82) is 0 Å². The third-order valence-corrected chi connectivity index (χ3v) is 12.2. The number of allylic oxidation sites excluding steroid dienone is 4. The highest BCUT2D eigenvalue weighted by Crippen LogP contribution is 2.49. The lowest BCUT2D eigenvalue weighted by molar-refractivity contribution is -0.162. The summed E-state index contributed by atoms with van der Waals surface area (Å²) in [5.41, 5.74) is -0.350. The minimum absolute atomic E-state index is 0.0650. The number of amides is 4. The number of hydrogen-bond donors (Lipinski definition) is 2. The number of methoxy groups -OCH3 is 2. The number of carbonyl (C=O) groups is 5. The Bertz CT molecular complexity index is 1900. The Morgan fingerprint density at radius 1 is 1.17 bits per heavy atom. The van der Waals surface area contributed by atoms with Gasteiger partial charge in [0.25, 0.3) is 5.91 Å². The van der Waals surface area contributed by atoms with E-state index in [1.807, 2.05) is 13.0 Å². The number of anilines is 1. The Morgan fingerprint density at radius 2 is 1.90 bits per heavy atom.